The minimum Gasteiger partial charge on any atom is -0.0622 e. The molecule has 0 aromatic heterocycles. The van der Waals surface area contributed by atoms with Crippen LogP contribution in [0.15, 0.2) is 182 Å². The first kappa shape index (κ1) is 32.1. The normalized spacial score (nSPS) is 10.3. The molecule has 0 saturated heterocycles. The first-order chi connectivity index (χ1) is 20.3. The van der Waals surface area contributed by atoms with Gasteiger partial charge in [-0.05, 0) is 47.7 Å². The summed E-state index contributed by atoms with van der Waals surface area (Å²) in [6, 6.07) is 64.7. The Bertz CT molecular complexity index is 1200. The van der Waals surface area contributed by atoms with Gasteiger partial charge < -0.3 is 0 Å². The number of hydrogen-bond acceptors (Lipinski definition) is 0. The molecule has 0 amide bonds. The Hall–Kier alpha value is -1.87. The molecule has 6 aromatic rings. The fourth-order valence-electron chi connectivity index (χ4n) is 4.36. The third-order valence-electron chi connectivity index (χ3n) is 6.09. The van der Waals surface area contributed by atoms with E-state index in [4.69, 9.17) is 0 Å². The third kappa shape index (κ3) is 10.1. The molecular formula is C36H30I2NiP2+2. The van der Waals surface area contributed by atoms with Crippen molar-refractivity contribution in [3.05, 3.63) is 182 Å². The molecule has 0 bridgehead atoms. The Labute approximate surface area is 276 Å². The summed E-state index contributed by atoms with van der Waals surface area (Å²) in [6.07, 6.45) is 0. The van der Waals surface area contributed by atoms with Gasteiger partial charge in [0.25, 0.3) is 0 Å². The van der Waals surface area contributed by atoms with Crippen LogP contribution in [0.25, 0.3) is 0 Å². The monoisotopic (exact) mass is 836 g/mol. The summed E-state index contributed by atoms with van der Waals surface area (Å²) in [7, 11) is 0.673. The second-order valence-electron chi connectivity index (χ2n) is 8.73. The Morgan fingerprint density at radius 2 is 0.390 bits per heavy atom. The van der Waals surface area contributed by atoms with Gasteiger partial charge in [-0.25, -0.2) is 0 Å². The predicted octanol–water partition coefficient (Wildman–Crippen LogP) is 8.66. The zero-order chi connectivity index (χ0) is 28.5. The summed E-state index contributed by atoms with van der Waals surface area (Å²) < 4.78 is 0. The van der Waals surface area contributed by atoms with Gasteiger partial charge in [-0.15, -0.1) is 0 Å². The average Bonchev–Trinajstić information content (AvgIpc) is 3.05. The van der Waals surface area contributed by atoms with Crippen LogP contribution < -0.4 is 31.8 Å². The molecule has 0 aliphatic rings. The van der Waals surface area contributed by atoms with Crippen LogP contribution in [0.4, 0.5) is 0 Å². The van der Waals surface area contributed by atoms with E-state index in [1.807, 2.05) is 0 Å². The molecule has 0 aliphatic carbocycles. The first-order valence-corrected chi connectivity index (χ1v) is 22.1. The quantitative estimate of drug-likeness (QED) is 0.0896. The van der Waals surface area contributed by atoms with Gasteiger partial charge in [0.1, 0.15) is 0 Å². The maximum atomic E-state index is 2.23. The van der Waals surface area contributed by atoms with E-state index < -0.39 is 15.8 Å². The number of rotatable bonds is 6. The molecule has 0 atom stereocenters. The van der Waals surface area contributed by atoms with Crippen LogP contribution in [-0.2, 0) is 8.07 Å². The third-order valence-corrected chi connectivity index (χ3v) is 11.0. The molecule has 0 saturated carbocycles. The summed E-state index contributed by atoms with van der Waals surface area (Å²) in [6.45, 7) is 0. The molecule has 6 rings (SSSR count). The second-order valence-corrected chi connectivity index (χ2v) is 21.5. The largest absolute Gasteiger partial charge is 0.0622 e. The van der Waals surface area contributed by atoms with E-state index in [-0.39, 0.29) is 0 Å². The van der Waals surface area contributed by atoms with Gasteiger partial charge in [-0.3, -0.25) is 0 Å². The zero-order valence-electron chi connectivity index (χ0n) is 22.3. The Morgan fingerprint density at radius 3 is 0.512 bits per heavy atom. The van der Waals surface area contributed by atoms with E-state index in [0.29, 0.717) is 0 Å². The van der Waals surface area contributed by atoms with E-state index >= 15 is 0 Å². The van der Waals surface area contributed by atoms with E-state index in [2.05, 4.69) is 223 Å². The maximum Gasteiger partial charge on any atom is -0.0134 e. The fourth-order valence-corrected chi connectivity index (χ4v) is 8.97. The number of benzene rings is 6. The topological polar surface area (TPSA) is 0 Å². The molecule has 0 N–H and O–H groups in total. The van der Waals surface area contributed by atoms with Gasteiger partial charge in [0.05, 0.1) is 0 Å². The summed E-state index contributed by atoms with van der Waals surface area (Å²) in [4.78, 5) is 0. The van der Waals surface area contributed by atoms with Crippen molar-refractivity contribution in [1.29, 1.82) is 0 Å². The Kier molecular flexibility index (Phi) is 14.6. The van der Waals surface area contributed by atoms with Crippen molar-refractivity contribution < 1.29 is 8.07 Å². The van der Waals surface area contributed by atoms with Gasteiger partial charge in [0.2, 0.25) is 0 Å². The van der Waals surface area contributed by atoms with Gasteiger partial charge in [0.15, 0.2) is 0 Å². The molecule has 0 fully saturated rings. The molecule has 6 aromatic carbocycles. The Morgan fingerprint density at radius 1 is 0.268 bits per heavy atom. The fraction of sp³-hybridized carbons (Fsp3) is 0. The maximum absolute atomic E-state index is 2.23. The van der Waals surface area contributed by atoms with E-state index in [1.165, 1.54) is 31.8 Å². The Balaban J connectivity index is 0.000000173. The van der Waals surface area contributed by atoms with Crippen molar-refractivity contribution in [1.82, 2.24) is 0 Å². The van der Waals surface area contributed by atoms with Crippen molar-refractivity contribution in [3.63, 3.8) is 0 Å². The predicted molar refractivity (Wildman–Crippen MR) is 198 cm³/mol. The van der Waals surface area contributed by atoms with Crippen molar-refractivity contribution in [2.45, 2.75) is 0 Å². The van der Waals surface area contributed by atoms with Crippen molar-refractivity contribution >= 4 is 88.6 Å². The molecule has 206 valence electrons. The first-order valence-electron chi connectivity index (χ1n) is 13.0. The van der Waals surface area contributed by atoms with Crippen LogP contribution in [0.1, 0.15) is 0 Å². The van der Waals surface area contributed by atoms with Crippen LogP contribution in [0.2, 0.25) is 0 Å². The summed E-state index contributed by atoms with van der Waals surface area (Å²) >= 11 is 4.43. The molecule has 41 heavy (non-hydrogen) atoms. The van der Waals surface area contributed by atoms with Crippen molar-refractivity contribution in [3.8, 4) is 0 Å². The second kappa shape index (κ2) is 18.6. The minimum atomic E-state index is -0.446. The van der Waals surface area contributed by atoms with Crippen LogP contribution in [0, 0.1) is 0 Å². The van der Waals surface area contributed by atoms with E-state index in [9.17, 15) is 0 Å². The average molecular weight is 837 g/mol. The van der Waals surface area contributed by atoms with Crippen molar-refractivity contribution in [2.24, 2.45) is 0 Å². The van der Waals surface area contributed by atoms with Gasteiger partial charge >= 0.3 is 49.0 Å². The molecule has 0 radical (unpaired) electrons. The van der Waals surface area contributed by atoms with Gasteiger partial charge in [-0.2, -0.15) is 0 Å². The number of hydrogen-bond donors (Lipinski definition) is 0. The smallest absolute Gasteiger partial charge is 0.0134 e. The van der Waals surface area contributed by atoms with Crippen LogP contribution in [0.5, 0.6) is 0 Å². The zero-order valence-corrected chi connectivity index (χ0v) is 29.4. The molecule has 0 heterocycles. The SMILES string of the molecule is [I][Ni+2][I].c1ccc(P(c2ccccc2)c2ccccc2)cc1.c1ccc(P(c2ccccc2)c2ccccc2)cc1. The molecule has 0 unspecified atom stereocenters. The number of halogens is 2. The van der Waals surface area contributed by atoms with Crippen LogP contribution >= 0.6 is 56.8 Å². The molecule has 0 aliphatic heterocycles. The van der Waals surface area contributed by atoms with Crippen LogP contribution in [-0.4, -0.2) is 0 Å². The van der Waals surface area contributed by atoms with Crippen LogP contribution in [0.3, 0.4) is 0 Å². The summed E-state index contributed by atoms with van der Waals surface area (Å²) in [5, 5.41) is 8.39. The van der Waals surface area contributed by atoms with E-state index in [0.717, 1.165) is 0 Å². The molecule has 5 heteroatoms. The van der Waals surface area contributed by atoms with Gasteiger partial charge in [-0.1, -0.05) is 182 Å². The molecule has 0 spiro atoms. The standard InChI is InChI=1S/2C18H15P.2HI.Ni/c2*1-4-10-16(11-5-1)19(17-12-6-2-7-13-17)18-14-8-3-9-15-18;;;/h2*1-15H;2*1H;/q;;;;+4/p-2. The molecule has 0 nitrogen and oxygen atoms in total. The van der Waals surface area contributed by atoms with Gasteiger partial charge in [0, 0.05) is 0 Å². The van der Waals surface area contributed by atoms with Crippen molar-refractivity contribution in [2.75, 3.05) is 0 Å². The minimum absolute atomic E-state index is 0.446. The summed E-state index contributed by atoms with van der Waals surface area (Å²) in [5.41, 5.74) is 0. The van der Waals surface area contributed by atoms with E-state index in [1.54, 1.807) is 8.07 Å². The summed E-state index contributed by atoms with van der Waals surface area (Å²) in [5.74, 6) is 0. The molecular weight excluding hydrogens is 807 g/mol.